The van der Waals surface area contributed by atoms with Crippen molar-refractivity contribution in [2.24, 2.45) is 0 Å². The Morgan fingerprint density at radius 2 is 2.05 bits per heavy atom. The Kier molecular flexibility index (Phi) is 8.37. The van der Waals surface area contributed by atoms with Gasteiger partial charge < -0.3 is 14.6 Å². The SMILES string of the molecule is COCCN(CCC(O)c1ccc(F)cn1)C(C)COC. The maximum Gasteiger partial charge on any atom is 0.141 e. The van der Waals surface area contributed by atoms with Gasteiger partial charge >= 0.3 is 0 Å². The first-order valence-electron chi connectivity index (χ1n) is 7.10. The number of aromatic nitrogens is 1. The van der Waals surface area contributed by atoms with Crippen LogP contribution in [0.3, 0.4) is 0 Å². The monoisotopic (exact) mass is 300 g/mol. The second kappa shape index (κ2) is 9.78. The number of ether oxygens (including phenoxy) is 2. The van der Waals surface area contributed by atoms with Crippen molar-refractivity contribution in [3.8, 4) is 0 Å². The van der Waals surface area contributed by atoms with Crippen LogP contribution in [0.1, 0.15) is 25.1 Å². The van der Waals surface area contributed by atoms with E-state index in [1.54, 1.807) is 14.2 Å². The van der Waals surface area contributed by atoms with Crippen LogP contribution in [0.25, 0.3) is 0 Å². The summed E-state index contributed by atoms with van der Waals surface area (Å²) in [7, 11) is 3.33. The van der Waals surface area contributed by atoms with Crippen molar-refractivity contribution >= 4 is 0 Å². The van der Waals surface area contributed by atoms with Gasteiger partial charge in [0.25, 0.3) is 0 Å². The topological polar surface area (TPSA) is 54.8 Å². The summed E-state index contributed by atoms with van der Waals surface area (Å²) in [6.07, 6.45) is 0.941. The molecular weight excluding hydrogens is 275 g/mol. The number of nitrogens with zero attached hydrogens (tertiary/aromatic N) is 2. The minimum absolute atomic E-state index is 0.235. The molecule has 2 atom stereocenters. The molecule has 0 aliphatic heterocycles. The molecule has 2 unspecified atom stereocenters. The van der Waals surface area contributed by atoms with Gasteiger partial charge in [0, 0.05) is 33.4 Å². The molecule has 0 aromatic carbocycles. The van der Waals surface area contributed by atoms with Gasteiger partial charge in [-0.05, 0) is 25.5 Å². The van der Waals surface area contributed by atoms with Gasteiger partial charge in [-0.1, -0.05) is 0 Å². The first-order valence-corrected chi connectivity index (χ1v) is 7.10. The molecule has 0 amide bonds. The molecule has 0 bridgehead atoms. The molecule has 1 rings (SSSR count). The van der Waals surface area contributed by atoms with Crippen molar-refractivity contribution in [1.82, 2.24) is 9.88 Å². The van der Waals surface area contributed by atoms with Crippen LogP contribution >= 0.6 is 0 Å². The van der Waals surface area contributed by atoms with Crippen molar-refractivity contribution in [2.75, 3.05) is 40.5 Å². The summed E-state index contributed by atoms with van der Waals surface area (Å²) >= 11 is 0. The molecular formula is C15H25FN2O3. The maximum absolute atomic E-state index is 12.8. The highest BCUT2D eigenvalue weighted by Gasteiger charge is 2.16. The van der Waals surface area contributed by atoms with E-state index in [1.807, 2.05) is 0 Å². The normalized spacial score (nSPS) is 14.4. The molecule has 1 aromatic heterocycles. The summed E-state index contributed by atoms with van der Waals surface area (Å²) in [6.45, 7) is 4.77. The summed E-state index contributed by atoms with van der Waals surface area (Å²) in [5.41, 5.74) is 0.488. The van der Waals surface area contributed by atoms with Gasteiger partial charge in [-0.25, -0.2) is 4.39 Å². The van der Waals surface area contributed by atoms with Crippen LogP contribution in [-0.4, -0.2) is 61.6 Å². The average Bonchev–Trinajstić information content (AvgIpc) is 2.48. The molecule has 6 heteroatoms. The molecule has 0 aliphatic carbocycles. The zero-order valence-corrected chi connectivity index (χ0v) is 13.0. The molecule has 0 radical (unpaired) electrons. The lowest BCUT2D eigenvalue weighted by molar-refractivity contribution is 0.0606. The van der Waals surface area contributed by atoms with Crippen molar-refractivity contribution in [3.63, 3.8) is 0 Å². The fourth-order valence-corrected chi connectivity index (χ4v) is 2.13. The lowest BCUT2D eigenvalue weighted by atomic mass is 10.1. The van der Waals surface area contributed by atoms with Gasteiger partial charge in [-0.2, -0.15) is 0 Å². The summed E-state index contributed by atoms with van der Waals surface area (Å²) in [4.78, 5) is 6.10. The largest absolute Gasteiger partial charge is 0.387 e. The van der Waals surface area contributed by atoms with E-state index < -0.39 is 11.9 Å². The minimum atomic E-state index is -0.703. The molecule has 5 nitrogen and oxygen atoms in total. The van der Waals surface area contributed by atoms with Crippen molar-refractivity contribution in [2.45, 2.75) is 25.5 Å². The van der Waals surface area contributed by atoms with E-state index >= 15 is 0 Å². The van der Waals surface area contributed by atoms with E-state index in [4.69, 9.17) is 9.47 Å². The zero-order chi connectivity index (χ0) is 15.7. The molecule has 0 fully saturated rings. The second-order valence-corrected chi connectivity index (χ2v) is 5.04. The summed E-state index contributed by atoms with van der Waals surface area (Å²) in [6, 6.07) is 3.05. The molecule has 0 spiro atoms. The van der Waals surface area contributed by atoms with Crippen LogP contribution in [0.5, 0.6) is 0 Å². The maximum atomic E-state index is 12.8. The Balaban J connectivity index is 2.52. The number of hydrogen-bond acceptors (Lipinski definition) is 5. The van der Waals surface area contributed by atoms with Crippen LogP contribution in [0, 0.1) is 5.82 Å². The second-order valence-electron chi connectivity index (χ2n) is 5.04. The summed E-state index contributed by atoms with van der Waals surface area (Å²) in [5.74, 6) is -0.401. The fraction of sp³-hybridized carbons (Fsp3) is 0.667. The number of hydrogen-bond donors (Lipinski definition) is 1. The lowest BCUT2D eigenvalue weighted by Gasteiger charge is -2.29. The van der Waals surface area contributed by atoms with E-state index in [2.05, 4.69) is 16.8 Å². The molecule has 1 aromatic rings. The summed E-state index contributed by atoms with van der Waals surface area (Å²) in [5, 5.41) is 10.1. The average molecular weight is 300 g/mol. The van der Waals surface area contributed by atoms with Crippen LogP contribution < -0.4 is 0 Å². The zero-order valence-electron chi connectivity index (χ0n) is 13.0. The lowest BCUT2D eigenvalue weighted by Crippen LogP contribution is -2.39. The Morgan fingerprint density at radius 3 is 2.62 bits per heavy atom. The van der Waals surface area contributed by atoms with Gasteiger partial charge in [0.1, 0.15) is 5.82 Å². The third-order valence-corrected chi connectivity index (χ3v) is 3.40. The Morgan fingerprint density at radius 1 is 1.29 bits per heavy atom. The van der Waals surface area contributed by atoms with Crippen LogP contribution in [0.15, 0.2) is 18.3 Å². The van der Waals surface area contributed by atoms with E-state index in [9.17, 15) is 9.50 Å². The standard InChI is InChI=1S/C15H25FN2O3/c1-12(11-21-3)18(8-9-20-2)7-6-15(19)14-5-4-13(16)10-17-14/h4-5,10,12,15,19H,6-9,11H2,1-3H3. The number of rotatable bonds is 10. The highest BCUT2D eigenvalue weighted by atomic mass is 19.1. The van der Waals surface area contributed by atoms with Crippen LogP contribution in [-0.2, 0) is 9.47 Å². The number of pyridine rings is 1. The predicted octanol–water partition coefficient (Wildman–Crippen LogP) is 1.63. The third-order valence-electron chi connectivity index (χ3n) is 3.40. The molecule has 0 saturated heterocycles. The first-order chi connectivity index (χ1) is 10.1. The summed E-state index contributed by atoms with van der Waals surface area (Å²) < 4.78 is 23.1. The number of aliphatic hydroxyl groups is 1. The van der Waals surface area contributed by atoms with Crippen LogP contribution in [0.2, 0.25) is 0 Å². The number of methoxy groups -OCH3 is 2. The van der Waals surface area contributed by atoms with E-state index in [1.165, 1.54) is 12.1 Å². The van der Waals surface area contributed by atoms with E-state index in [-0.39, 0.29) is 6.04 Å². The molecule has 0 aliphatic rings. The van der Waals surface area contributed by atoms with Gasteiger partial charge in [-0.3, -0.25) is 9.88 Å². The van der Waals surface area contributed by atoms with Gasteiger partial charge in [0.2, 0.25) is 0 Å². The third kappa shape index (κ3) is 6.48. The smallest absolute Gasteiger partial charge is 0.141 e. The quantitative estimate of drug-likeness (QED) is 0.712. The fourth-order valence-electron chi connectivity index (χ4n) is 2.13. The number of aliphatic hydroxyl groups excluding tert-OH is 1. The van der Waals surface area contributed by atoms with Gasteiger partial charge in [0.15, 0.2) is 0 Å². The molecule has 120 valence electrons. The minimum Gasteiger partial charge on any atom is -0.387 e. The van der Waals surface area contributed by atoms with Gasteiger partial charge in [-0.15, -0.1) is 0 Å². The number of halogens is 1. The predicted molar refractivity (Wildman–Crippen MR) is 78.6 cm³/mol. The van der Waals surface area contributed by atoms with Crippen molar-refractivity contribution < 1.29 is 19.0 Å². The Labute approximate surface area is 125 Å². The molecule has 1 N–H and O–H groups in total. The molecule has 0 saturated carbocycles. The van der Waals surface area contributed by atoms with Crippen molar-refractivity contribution in [3.05, 3.63) is 29.8 Å². The highest BCUT2D eigenvalue weighted by molar-refractivity contribution is 5.07. The van der Waals surface area contributed by atoms with Gasteiger partial charge in [0.05, 0.1) is 31.2 Å². The van der Waals surface area contributed by atoms with E-state index in [0.717, 1.165) is 12.7 Å². The van der Waals surface area contributed by atoms with Crippen LogP contribution in [0.4, 0.5) is 4.39 Å². The first kappa shape index (κ1) is 18.0. The highest BCUT2D eigenvalue weighted by Crippen LogP contribution is 2.15. The van der Waals surface area contributed by atoms with Crippen molar-refractivity contribution in [1.29, 1.82) is 0 Å². The molecule has 1 heterocycles. The Bertz CT molecular complexity index is 389. The Hall–Kier alpha value is -1.08. The molecule has 21 heavy (non-hydrogen) atoms. The van der Waals surface area contributed by atoms with E-state index in [0.29, 0.717) is 31.9 Å².